The highest BCUT2D eigenvalue weighted by molar-refractivity contribution is 5.96. The first kappa shape index (κ1) is 25.0. The third kappa shape index (κ3) is 8.90. The topological polar surface area (TPSA) is 260 Å². The van der Waals surface area contributed by atoms with E-state index in [9.17, 15) is 28.8 Å². The fourth-order valence-electron chi connectivity index (χ4n) is 2.41. The van der Waals surface area contributed by atoms with Crippen LogP contribution in [0.25, 0.3) is 0 Å². The van der Waals surface area contributed by atoms with Crippen LogP contribution < -0.4 is 27.4 Å². The van der Waals surface area contributed by atoms with Crippen LogP contribution in [0.15, 0.2) is 12.5 Å². The van der Waals surface area contributed by atoms with E-state index in [1.54, 1.807) is 0 Å². The summed E-state index contributed by atoms with van der Waals surface area (Å²) in [6.07, 6.45) is 0.962. The van der Waals surface area contributed by atoms with Crippen molar-refractivity contribution in [3.05, 3.63) is 18.2 Å². The third-order valence-electron chi connectivity index (χ3n) is 3.85. The van der Waals surface area contributed by atoms with E-state index in [-0.39, 0.29) is 6.42 Å². The molecule has 1 rings (SSSR count). The number of imidazole rings is 1. The molecule has 0 saturated carbocycles. The molecular formula is C16H23N7O8. The summed E-state index contributed by atoms with van der Waals surface area (Å²) in [4.78, 5) is 76.5. The molecule has 170 valence electrons. The fraction of sp³-hybridized carbons (Fsp3) is 0.438. The number of carboxylic acid groups (broad SMARTS) is 2. The first-order valence-electron chi connectivity index (χ1n) is 8.83. The Balaban J connectivity index is 3.04. The molecule has 1 aromatic heterocycles. The third-order valence-corrected chi connectivity index (χ3v) is 3.85. The van der Waals surface area contributed by atoms with Crippen molar-refractivity contribution in [3.63, 3.8) is 0 Å². The Morgan fingerprint density at radius 3 is 2.06 bits per heavy atom. The largest absolute Gasteiger partial charge is 0.481 e. The highest BCUT2D eigenvalue weighted by Gasteiger charge is 2.31. The fourth-order valence-corrected chi connectivity index (χ4v) is 2.41. The van der Waals surface area contributed by atoms with E-state index in [1.165, 1.54) is 12.5 Å². The Hall–Kier alpha value is -4.01. The van der Waals surface area contributed by atoms with Crippen LogP contribution in [-0.4, -0.2) is 80.4 Å². The Morgan fingerprint density at radius 2 is 1.58 bits per heavy atom. The lowest BCUT2D eigenvalue weighted by Gasteiger charge is -2.23. The number of nitrogens with one attached hydrogen (secondary N) is 4. The highest BCUT2D eigenvalue weighted by Crippen LogP contribution is 2.03. The summed E-state index contributed by atoms with van der Waals surface area (Å²) >= 11 is 0. The summed E-state index contributed by atoms with van der Waals surface area (Å²) in [6, 6.07) is -4.61. The Kier molecular flexibility index (Phi) is 9.58. The number of hydrogen-bond donors (Lipinski definition) is 8. The minimum atomic E-state index is -1.76. The van der Waals surface area contributed by atoms with Crippen molar-refractivity contribution in [1.29, 1.82) is 0 Å². The van der Waals surface area contributed by atoms with Gasteiger partial charge < -0.3 is 42.6 Å². The quantitative estimate of drug-likeness (QED) is 0.146. The Bertz CT molecular complexity index is 826. The SMILES string of the molecule is NCC(=O)NC(CC(N)=O)C(=O)NC(Cc1cnc[nH]1)C(=O)NC(CC(=O)O)C(=O)O. The molecule has 0 bridgehead atoms. The predicted molar refractivity (Wildman–Crippen MR) is 101 cm³/mol. The van der Waals surface area contributed by atoms with Crippen molar-refractivity contribution in [1.82, 2.24) is 25.9 Å². The van der Waals surface area contributed by atoms with Crippen molar-refractivity contribution in [2.45, 2.75) is 37.4 Å². The van der Waals surface area contributed by atoms with Crippen LogP contribution in [0, 0.1) is 0 Å². The maximum atomic E-state index is 12.6. The second-order valence-corrected chi connectivity index (χ2v) is 6.33. The molecule has 3 unspecified atom stereocenters. The summed E-state index contributed by atoms with van der Waals surface area (Å²) < 4.78 is 0. The van der Waals surface area contributed by atoms with Gasteiger partial charge in [0, 0.05) is 18.3 Å². The lowest BCUT2D eigenvalue weighted by atomic mass is 10.1. The summed E-state index contributed by atoms with van der Waals surface area (Å²) in [6.45, 7) is -0.476. The Morgan fingerprint density at radius 1 is 0.968 bits per heavy atom. The number of hydrogen-bond acceptors (Lipinski definition) is 8. The van der Waals surface area contributed by atoms with Crippen LogP contribution >= 0.6 is 0 Å². The second-order valence-electron chi connectivity index (χ2n) is 6.33. The monoisotopic (exact) mass is 441 g/mol. The van der Waals surface area contributed by atoms with Crippen LogP contribution in [0.3, 0.4) is 0 Å². The van der Waals surface area contributed by atoms with Gasteiger partial charge in [-0.1, -0.05) is 0 Å². The molecule has 1 aromatic rings. The number of primary amides is 1. The van der Waals surface area contributed by atoms with Crippen LogP contribution in [0.2, 0.25) is 0 Å². The second kappa shape index (κ2) is 11.9. The van der Waals surface area contributed by atoms with Gasteiger partial charge in [-0.2, -0.15) is 0 Å². The van der Waals surface area contributed by atoms with Crippen LogP contribution in [0.5, 0.6) is 0 Å². The van der Waals surface area contributed by atoms with Gasteiger partial charge in [0.25, 0.3) is 0 Å². The minimum Gasteiger partial charge on any atom is -0.481 e. The lowest BCUT2D eigenvalue weighted by molar-refractivity contribution is -0.147. The number of carbonyl (C=O) groups is 6. The molecule has 15 heteroatoms. The number of nitrogens with two attached hydrogens (primary N) is 2. The molecule has 0 spiro atoms. The number of aliphatic carboxylic acids is 2. The van der Waals surface area contributed by atoms with Crippen LogP contribution in [0.1, 0.15) is 18.5 Å². The normalized spacial score (nSPS) is 13.3. The number of H-pyrrole nitrogens is 1. The van der Waals surface area contributed by atoms with Crippen LogP contribution in [0.4, 0.5) is 0 Å². The average molecular weight is 441 g/mol. The highest BCUT2D eigenvalue weighted by atomic mass is 16.4. The van der Waals surface area contributed by atoms with Crippen molar-refractivity contribution in [3.8, 4) is 0 Å². The molecule has 0 saturated heterocycles. The molecule has 0 aliphatic carbocycles. The summed E-state index contributed by atoms with van der Waals surface area (Å²) in [5.41, 5.74) is 10.6. The zero-order chi connectivity index (χ0) is 23.6. The van der Waals surface area contributed by atoms with Gasteiger partial charge in [-0.05, 0) is 0 Å². The van der Waals surface area contributed by atoms with Gasteiger partial charge in [0.1, 0.15) is 18.1 Å². The number of carbonyl (C=O) groups excluding carboxylic acids is 4. The maximum absolute atomic E-state index is 12.6. The summed E-state index contributed by atoms with van der Waals surface area (Å²) in [7, 11) is 0. The first-order chi connectivity index (χ1) is 14.5. The van der Waals surface area contributed by atoms with E-state index in [0.29, 0.717) is 5.69 Å². The van der Waals surface area contributed by atoms with Gasteiger partial charge in [-0.3, -0.25) is 24.0 Å². The van der Waals surface area contributed by atoms with Crippen molar-refractivity contribution in [2.24, 2.45) is 11.5 Å². The lowest BCUT2D eigenvalue weighted by Crippen LogP contribution is -2.57. The number of nitrogens with zero attached hydrogens (tertiary/aromatic N) is 1. The smallest absolute Gasteiger partial charge is 0.326 e. The number of rotatable bonds is 13. The van der Waals surface area contributed by atoms with Gasteiger partial charge in [-0.25, -0.2) is 9.78 Å². The molecule has 0 aliphatic heterocycles. The molecule has 0 radical (unpaired) electrons. The van der Waals surface area contributed by atoms with Gasteiger partial charge in [0.2, 0.25) is 23.6 Å². The van der Waals surface area contributed by atoms with Crippen LogP contribution in [-0.2, 0) is 35.2 Å². The standard InChI is InChI=1S/C16H23N7O8/c17-4-12(25)21-9(2-11(18)24)15(29)22-8(1-7-5-19-6-20-7)14(28)23-10(16(30)31)3-13(26)27/h5-6,8-10H,1-4,17H2,(H2,18,24)(H,19,20)(H,21,25)(H,22,29)(H,23,28)(H,26,27)(H,30,31). The van der Waals surface area contributed by atoms with E-state index in [0.717, 1.165) is 0 Å². The minimum absolute atomic E-state index is 0.189. The first-order valence-corrected chi connectivity index (χ1v) is 8.83. The van der Waals surface area contributed by atoms with Crippen molar-refractivity contribution < 1.29 is 39.0 Å². The van der Waals surface area contributed by atoms with E-state index in [4.69, 9.17) is 21.7 Å². The van der Waals surface area contributed by atoms with Gasteiger partial charge in [0.05, 0.1) is 25.7 Å². The molecule has 31 heavy (non-hydrogen) atoms. The number of amides is 4. The summed E-state index contributed by atoms with van der Waals surface area (Å²) in [5, 5.41) is 24.4. The molecule has 1 heterocycles. The molecule has 0 fully saturated rings. The molecule has 3 atom stereocenters. The number of carboxylic acids is 2. The molecule has 4 amide bonds. The van der Waals surface area contributed by atoms with E-state index < -0.39 is 73.1 Å². The average Bonchev–Trinajstić information content (AvgIpc) is 3.18. The van der Waals surface area contributed by atoms with Crippen molar-refractivity contribution in [2.75, 3.05) is 6.54 Å². The number of aromatic nitrogens is 2. The van der Waals surface area contributed by atoms with E-state index in [2.05, 4.69) is 20.6 Å². The molecule has 0 aromatic carbocycles. The molecule has 15 nitrogen and oxygen atoms in total. The maximum Gasteiger partial charge on any atom is 0.326 e. The van der Waals surface area contributed by atoms with Crippen molar-refractivity contribution >= 4 is 35.6 Å². The van der Waals surface area contributed by atoms with Gasteiger partial charge in [-0.15, -0.1) is 0 Å². The molecule has 10 N–H and O–H groups in total. The van der Waals surface area contributed by atoms with Gasteiger partial charge in [0.15, 0.2) is 0 Å². The summed E-state index contributed by atoms with van der Waals surface area (Å²) in [5.74, 6) is -6.72. The van der Waals surface area contributed by atoms with E-state index in [1.807, 2.05) is 5.32 Å². The Labute approximate surface area is 174 Å². The van der Waals surface area contributed by atoms with Gasteiger partial charge >= 0.3 is 11.9 Å². The van der Waals surface area contributed by atoms with E-state index >= 15 is 0 Å². The molecule has 0 aliphatic rings. The predicted octanol–water partition coefficient (Wildman–Crippen LogP) is -4.20. The number of aromatic amines is 1. The zero-order valence-corrected chi connectivity index (χ0v) is 16.2. The zero-order valence-electron chi connectivity index (χ0n) is 16.2. The molecular weight excluding hydrogens is 418 g/mol.